The van der Waals surface area contributed by atoms with E-state index in [9.17, 15) is 9.59 Å². The average Bonchev–Trinajstić information content (AvgIpc) is 4.00. The molecule has 0 aliphatic carbocycles. The summed E-state index contributed by atoms with van der Waals surface area (Å²) < 4.78 is 22.8. The Hall–Kier alpha value is -3.94. The monoisotopic (exact) mass is 804 g/mol. The number of esters is 2. The third-order valence-electron chi connectivity index (χ3n) is 8.89. The van der Waals surface area contributed by atoms with Crippen molar-refractivity contribution in [3.63, 3.8) is 0 Å². The molecule has 13 heteroatoms. The number of thioether (sulfide) groups is 2. The van der Waals surface area contributed by atoms with Crippen molar-refractivity contribution in [1.82, 2.24) is 20.4 Å². The number of benzene rings is 2. The number of aromatic nitrogens is 4. The molecule has 0 fully saturated rings. The lowest BCUT2D eigenvalue weighted by Gasteiger charge is -2.04. The van der Waals surface area contributed by atoms with Crippen LogP contribution in [0.25, 0.3) is 22.9 Å². The van der Waals surface area contributed by atoms with Gasteiger partial charge in [-0.1, -0.05) is 127 Å². The molecule has 0 radical (unpaired) electrons. The zero-order chi connectivity index (χ0) is 38.5. The first-order valence-electron chi connectivity index (χ1n) is 19.7. The molecule has 55 heavy (non-hydrogen) atoms. The largest absolute Gasteiger partial charge is 0.422 e. The molecular weight excluding hydrogens is 753 g/mol. The zero-order valence-electron chi connectivity index (χ0n) is 32.0. The molecule has 294 valence electrons. The van der Waals surface area contributed by atoms with Crippen LogP contribution in [0.15, 0.2) is 79.9 Å². The van der Waals surface area contributed by atoms with Gasteiger partial charge in [-0.2, -0.15) is 0 Å². The third-order valence-corrected chi connectivity index (χ3v) is 11.7. The fourth-order valence-corrected chi connectivity index (χ4v) is 8.04. The van der Waals surface area contributed by atoms with Crippen molar-refractivity contribution >= 4 is 46.8 Å². The SMILES string of the molecule is CCCCCCCCCCSc1nnc(-c2ccc(OC(=O)c3ccc(C(=O)Oc4ccc(-c5nnc(SCCCCCCCCCC)o5)cc4)s3)cc2)o1. The molecule has 0 bridgehead atoms. The van der Waals surface area contributed by atoms with E-state index < -0.39 is 11.9 Å². The first-order valence-corrected chi connectivity index (χ1v) is 22.5. The molecule has 0 aliphatic heterocycles. The molecule has 10 nitrogen and oxygen atoms in total. The van der Waals surface area contributed by atoms with E-state index in [0.717, 1.165) is 46.8 Å². The summed E-state index contributed by atoms with van der Waals surface area (Å²) in [6.45, 7) is 4.48. The van der Waals surface area contributed by atoms with Gasteiger partial charge in [-0.3, -0.25) is 0 Å². The first kappa shape index (κ1) is 42.2. The molecule has 3 aromatic heterocycles. The number of unbranched alkanes of at least 4 members (excludes halogenated alkanes) is 14. The number of rotatable bonds is 26. The molecule has 3 heterocycles. The van der Waals surface area contributed by atoms with Gasteiger partial charge in [0.15, 0.2) is 0 Å². The summed E-state index contributed by atoms with van der Waals surface area (Å²) in [5.74, 6) is 2.27. The smallest absolute Gasteiger partial charge is 0.353 e. The number of nitrogens with zero attached hydrogens (tertiary/aromatic N) is 4. The van der Waals surface area contributed by atoms with Crippen molar-refractivity contribution in [2.24, 2.45) is 0 Å². The minimum Gasteiger partial charge on any atom is -0.422 e. The van der Waals surface area contributed by atoms with Crippen molar-refractivity contribution in [2.45, 2.75) is 127 Å². The highest BCUT2D eigenvalue weighted by atomic mass is 32.2. The lowest BCUT2D eigenvalue weighted by Crippen LogP contribution is -2.07. The number of hydrogen-bond donors (Lipinski definition) is 0. The van der Waals surface area contributed by atoms with E-state index in [0.29, 0.717) is 33.7 Å². The topological polar surface area (TPSA) is 130 Å². The summed E-state index contributed by atoms with van der Waals surface area (Å²) in [6.07, 6.45) is 20.4. The number of carbonyl (C=O) groups is 2. The quantitative estimate of drug-likeness (QED) is 0.0228. The molecule has 0 aliphatic rings. The fourth-order valence-electron chi connectivity index (χ4n) is 5.76. The highest BCUT2D eigenvalue weighted by molar-refractivity contribution is 7.99. The van der Waals surface area contributed by atoms with E-state index in [-0.39, 0.29) is 9.75 Å². The van der Waals surface area contributed by atoms with Gasteiger partial charge in [0.2, 0.25) is 11.8 Å². The van der Waals surface area contributed by atoms with E-state index >= 15 is 0 Å². The summed E-state index contributed by atoms with van der Waals surface area (Å²) in [4.78, 5) is 26.3. The van der Waals surface area contributed by atoms with Crippen LogP contribution in [0.5, 0.6) is 11.5 Å². The van der Waals surface area contributed by atoms with E-state index in [1.807, 2.05) is 0 Å². The van der Waals surface area contributed by atoms with Crippen molar-refractivity contribution in [3.05, 3.63) is 70.4 Å². The normalized spacial score (nSPS) is 11.2. The van der Waals surface area contributed by atoms with Crippen LogP contribution in [-0.2, 0) is 0 Å². The minimum atomic E-state index is -0.575. The highest BCUT2D eigenvalue weighted by Gasteiger charge is 2.18. The van der Waals surface area contributed by atoms with Crippen LogP contribution in [0.1, 0.15) is 136 Å². The second-order valence-corrected chi connectivity index (χ2v) is 16.6. The van der Waals surface area contributed by atoms with E-state index in [1.165, 1.54) is 89.9 Å². The van der Waals surface area contributed by atoms with Crippen LogP contribution >= 0.6 is 34.9 Å². The summed E-state index contributed by atoms with van der Waals surface area (Å²) in [5.41, 5.74) is 1.45. The maximum Gasteiger partial charge on any atom is 0.353 e. The number of thiophene rings is 1. The van der Waals surface area contributed by atoms with Gasteiger partial charge in [0.1, 0.15) is 21.3 Å². The van der Waals surface area contributed by atoms with Crippen LogP contribution in [0, 0.1) is 0 Å². The molecule has 5 aromatic rings. The predicted octanol–water partition coefficient (Wildman–Crippen LogP) is 12.8. The Balaban J connectivity index is 1.01. The Bertz CT molecular complexity index is 1720. The van der Waals surface area contributed by atoms with Crippen molar-refractivity contribution in [2.75, 3.05) is 11.5 Å². The molecule has 0 N–H and O–H groups in total. The maximum atomic E-state index is 12.9. The van der Waals surface area contributed by atoms with Crippen LogP contribution in [0.2, 0.25) is 0 Å². The summed E-state index contributed by atoms with van der Waals surface area (Å²) in [5, 5.41) is 17.8. The number of hydrogen-bond acceptors (Lipinski definition) is 13. The van der Waals surface area contributed by atoms with E-state index in [4.69, 9.17) is 18.3 Å². The van der Waals surface area contributed by atoms with Gasteiger partial charge in [0.25, 0.3) is 10.4 Å². The third kappa shape index (κ3) is 14.6. The summed E-state index contributed by atoms with van der Waals surface area (Å²) in [6, 6.07) is 16.8. The average molecular weight is 805 g/mol. The Morgan fingerprint density at radius 3 is 1.25 bits per heavy atom. The van der Waals surface area contributed by atoms with E-state index in [2.05, 4.69) is 34.2 Å². The molecule has 0 amide bonds. The maximum absolute atomic E-state index is 12.9. The summed E-state index contributed by atoms with van der Waals surface area (Å²) in [7, 11) is 0. The van der Waals surface area contributed by atoms with Gasteiger partial charge in [-0.05, 0) is 73.5 Å². The molecule has 0 spiro atoms. The minimum absolute atomic E-state index is 0.272. The van der Waals surface area contributed by atoms with Crippen molar-refractivity contribution in [3.8, 4) is 34.4 Å². The zero-order valence-corrected chi connectivity index (χ0v) is 34.4. The van der Waals surface area contributed by atoms with Crippen LogP contribution in [0.4, 0.5) is 0 Å². The highest BCUT2D eigenvalue weighted by Crippen LogP contribution is 2.29. The Labute approximate surface area is 337 Å². The molecule has 0 saturated heterocycles. The first-order chi connectivity index (χ1) is 27.0. The molecule has 0 unspecified atom stereocenters. The van der Waals surface area contributed by atoms with Gasteiger partial charge in [-0.25, -0.2) is 9.59 Å². The lowest BCUT2D eigenvalue weighted by molar-refractivity contribution is 0.0732. The van der Waals surface area contributed by atoms with Gasteiger partial charge in [-0.15, -0.1) is 31.7 Å². The van der Waals surface area contributed by atoms with Crippen molar-refractivity contribution < 1.29 is 27.9 Å². The Morgan fingerprint density at radius 1 is 0.509 bits per heavy atom. The lowest BCUT2D eigenvalue weighted by atomic mass is 10.1. The van der Waals surface area contributed by atoms with Gasteiger partial charge in [0, 0.05) is 22.6 Å². The summed E-state index contributed by atoms with van der Waals surface area (Å²) >= 11 is 4.15. The number of carbonyl (C=O) groups excluding carboxylic acids is 2. The molecule has 0 atom stereocenters. The van der Waals surface area contributed by atoms with Gasteiger partial charge in [0.05, 0.1) is 0 Å². The predicted molar refractivity (Wildman–Crippen MR) is 220 cm³/mol. The van der Waals surface area contributed by atoms with Gasteiger partial charge >= 0.3 is 11.9 Å². The van der Waals surface area contributed by atoms with Crippen molar-refractivity contribution in [1.29, 1.82) is 0 Å². The van der Waals surface area contributed by atoms with Gasteiger partial charge < -0.3 is 18.3 Å². The van der Waals surface area contributed by atoms with Crippen LogP contribution < -0.4 is 9.47 Å². The van der Waals surface area contributed by atoms with Crippen LogP contribution in [0.3, 0.4) is 0 Å². The molecular formula is C42H52N4O6S3. The second-order valence-electron chi connectivity index (χ2n) is 13.4. The standard InChI is InChI=1S/C42H52N4O6S3/c1-3-5-7-9-11-13-15-17-29-53-41-45-43-37(51-41)31-19-23-33(24-20-31)49-39(47)35-27-28-36(55-35)40(48)50-34-25-21-32(22-26-34)38-44-46-42(52-38)54-30-18-16-14-12-10-8-6-4-2/h19-28H,3-18,29-30H2,1-2H3. The Kier molecular flexibility index (Phi) is 18.3. The van der Waals surface area contributed by atoms with E-state index in [1.54, 1.807) is 84.2 Å². The molecule has 2 aromatic carbocycles. The Morgan fingerprint density at radius 2 is 0.873 bits per heavy atom. The number of ether oxygens (including phenoxy) is 2. The second kappa shape index (κ2) is 23.9. The molecule has 0 saturated carbocycles. The molecule has 5 rings (SSSR count). The van der Waals surface area contributed by atoms with Crippen LogP contribution in [-0.4, -0.2) is 43.8 Å². The fraction of sp³-hybridized carbons (Fsp3) is 0.476.